The zero-order valence-electron chi connectivity index (χ0n) is 13.9. The average molecular weight is 339 g/mol. The monoisotopic (exact) mass is 339 g/mol. The molecule has 3 rings (SSSR count). The maximum Gasteiger partial charge on any atom is 0.313 e. The van der Waals surface area contributed by atoms with Crippen molar-refractivity contribution in [2.45, 2.75) is 6.54 Å². The van der Waals surface area contributed by atoms with E-state index in [1.54, 1.807) is 17.0 Å². The molecule has 0 aliphatic carbocycles. The molecule has 0 saturated carbocycles. The van der Waals surface area contributed by atoms with Crippen LogP contribution in [0.15, 0.2) is 54.6 Å². The van der Waals surface area contributed by atoms with E-state index in [1.165, 1.54) is 17.7 Å². The molecule has 2 amide bonds. The quantitative estimate of drug-likeness (QED) is 0.835. The van der Waals surface area contributed by atoms with Crippen LogP contribution in [0.1, 0.15) is 5.56 Å². The number of rotatable bonds is 3. The van der Waals surface area contributed by atoms with Gasteiger partial charge in [-0.1, -0.05) is 36.4 Å². The molecule has 2 aromatic carbocycles. The van der Waals surface area contributed by atoms with Gasteiger partial charge in [0.2, 0.25) is 0 Å². The fourth-order valence-corrected chi connectivity index (χ4v) is 2.86. The summed E-state index contributed by atoms with van der Waals surface area (Å²) in [6, 6.07) is 16.3. The van der Waals surface area contributed by atoms with Crippen molar-refractivity contribution < 1.29 is 14.7 Å². The zero-order chi connectivity index (χ0) is 17.6. The first-order valence-corrected chi connectivity index (χ1v) is 8.27. The number of nitrogens with one attached hydrogen (secondary N) is 1. The lowest BCUT2D eigenvalue weighted by Crippen LogP contribution is -2.51. The predicted octanol–water partition coefficient (Wildman–Crippen LogP) is 1.68. The predicted molar refractivity (Wildman–Crippen MR) is 95.0 cm³/mol. The third kappa shape index (κ3) is 4.58. The molecule has 6 heteroatoms. The number of nitrogens with zero attached hydrogens (tertiary/aromatic N) is 2. The first-order valence-electron chi connectivity index (χ1n) is 8.27. The SMILES string of the molecule is O=C(Nc1cccc(O)c1)C(=O)N1CCN(Cc2ccccc2)CC1. The van der Waals surface area contributed by atoms with Gasteiger partial charge in [0, 0.05) is 44.5 Å². The molecule has 0 radical (unpaired) electrons. The van der Waals surface area contributed by atoms with E-state index in [2.05, 4.69) is 22.3 Å². The highest BCUT2D eigenvalue weighted by molar-refractivity contribution is 6.39. The average Bonchev–Trinajstić information content (AvgIpc) is 2.62. The second kappa shape index (κ2) is 7.81. The number of carbonyl (C=O) groups is 2. The Balaban J connectivity index is 1.50. The summed E-state index contributed by atoms with van der Waals surface area (Å²) in [6.45, 7) is 3.37. The van der Waals surface area contributed by atoms with E-state index in [-0.39, 0.29) is 5.75 Å². The van der Waals surface area contributed by atoms with Crippen LogP contribution >= 0.6 is 0 Å². The van der Waals surface area contributed by atoms with Crippen LogP contribution in [-0.4, -0.2) is 52.9 Å². The third-order valence-electron chi connectivity index (χ3n) is 4.21. The summed E-state index contributed by atoms with van der Waals surface area (Å²) in [4.78, 5) is 28.2. The lowest BCUT2D eigenvalue weighted by molar-refractivity contribution is -0.144. The van der Waals surface area contributed by atoms with Crippen molar-refractivity contribution >= 4 is 17.5 Å². The summed E-state index contributed by atoms with van der Waals surface area (Å²) in [7, 11) is 0. The minimum atomic E-state index is -0.679. The Kier molecular flexibility index (Phi) is 5.30. The fraction of sp³-hybridized carbons (Fsp3) is 0.263. The highest BCUT2D eigenvalue weighted by Crippen LogP contribution is 2.15. The number of piperazine rings is 1. The van der Waals surface area contributed by atoms with Crippen LogP contribution in [-0.2, 0) is 16.1 Å². The molecule has 2 N–H and O–H groups in total. The summed E-state index contributed by atoms with van der Waals surface area (Å²) in [6.07, 6.45) is 0. The van der Waals surface area contributed by atoms with E-state index in [0.717, 1.165) is 19.6 Å². The first-order chi connectivity index (χ1) is 12.1. The molecular formula is C19H21N3O3. The van der Waals surface area contributed by atoms with Crippen molar-refractivity contribution in [3.05, 3.63) is 60.2 Å². The molecule has 1 aliphatic rings. The van der Waals surface area contributed by atoms with Crippen molar-refractivity contribution in [2.75, 3.05) is 31.5 Å². The Labute approximate surface area is 146 Å². The van der Waals surface area contributed by atoms with E-state index < -0.39 is 11.8 Å². The van der Waals surface area contributed by atoms with Crippen LogP contribution in [0.2, 0.25) is 0 Å². The minimum absolute atomic E-state index is 0.0415. The molecule has 0 atom stereocenters. The van der Waals surface area contributed by atoms with Crippen molar-refractivity contribution in [3.63, 3.8) is 0 Å². The van der Waals surface area contributed by atoms with Gasteiger partial charge in [-0.3, -0.25) is 14.5 Å². The van der Waals surface area contributed by atoms with Crippen LogP contribution in [0.25, 0.3) is 0 Å². The number of aromatic hydroxyl groups is 1. The maximum absolute atomic E-state index is 12.3. The van der Waals surface area contributed by atoms with Crippen molar-refractivity contribution in [1.29, 1.82) is 0 Å². The summed E-state index contributed by atoms with van der Waals surface area (Å²) < 4.78 is 0. The number of benzene rings is 2. The van der Waals surface area contributed by atoms with Gasteiger partial charge in [0.1, 0.15) is 5.75 Å². The highest BCUT2D eigenvalue weighted by Gasteiger charge is 2.26. The molecule has 25 heavy (non-hydrogen) atoms. The van der Waals surface area contributed by atoms with Gasteiger partial charge in [0.25, 0.3) is 0 Å². The number of amides is 2. The van der Waals surface area contributed by atoms with Crippen LogP contribution < -0.4 is 5.32 Å². The van der Waals surface area contributed by atoms with E-state index >= 15 is 0 Å². The maximum atomic E-state index is 12.3. The summed E-state index contributed by atoms with van der Waals surface area (Å²) in [5, 5.41) is 11.9. The Morgan fingerprint density at radius 1 is 0.960 bits per heavy atom. The van der Waals surface area contributed by atoms with Crippen molar-refractivity contribution in [3.8, 4) is 5.75 Å². The van der Waals surface area contributed by atoms with E-state index in [1.807, 2.05) is 18.2 Å². The topological polar surface area (TPSA) is 72.9 Å². The molecule has 1 heterocycles. The first kappa shape index (κ1) is 17.0. The molecule has 1 aliphatic heterocycles. The number of phenols is 1. The smallest absolute Gasteiger partial charge is 0.313 e. The molecule has 130 valence electrons. The molecule has 1 fully saturated rings. The molecular weight excluding hydrogens is 318 g/mol. The molecule has 0 bridgehead atoms. The minimum Gasteiger partial charge on any atom is -0.508 e. The second-order valence-corrected chi connectivity index (χ2v) is 6.06. The summed E-state index contributed by atoms with van der Waals surface area (Å²) in [5.41, 5.74) is 1.64. The van der Waals surface area contributed by atoms with Crippen molar-refractivity contribution in [1.82, 2.24) is 9.80 Å². The third-order valence-corrected chi connectivity index (χ3v) is 4.21. The number of carbonyl (C=O) groups excluding carboxylic acids is 2. The number of anilines is 1. The lowest BCUT2D eigenvalue weighted by Gasteiger charge is -2.34. The fourth-order valence-electron chi connectivity index (χ4n) is 2.86. The molecule has 1 saturated heterocycles. The Morgan fingerprint density at radius 3 is 2.36 bits per heavy atom. The standard InChI is InChI=1S/C19H21N3O3/c23-17-8-4-7-16(13-17)20-18(24)19(25)22-11-9-21(10-12-22)14-15-5-2-1-3-6-15/h1-8,13,23H,9-12,14H2,(H,20,24). The van der Waals surface area contributed by atoms with E-state index in [4.69, 9.17) is 0 Å². The van der Waals surface area contributed by atoms with Gasteiger partial charge in [-0.15, -0.1) is 0 Å². The van der Waals surface area contributed by atoms with Crippen LogP contribution in [0, 0.1) is 0 Å². The Morgan fingerprint density at radius 2 is 1.68 bits per heavy atom. The van der Waals surface area contributed by atoms with Gasteiger partial charge in [-0.2, -0.15) is 0 Å². The normalized spacial score (nSPS) is 15.0. The Hall–Kier alpha value is -2.86. The van der Waals surface area contributed by atoms with Crippen LogP contribution in [0.3, 0.4) is 0 Å². The summed E-state index contributed by atoms with van der Waals surface area (Å²) in [5.74, 6) is -1.18. The van der Waals surface area contributed by atoms with E-state index in [0.29, 0.717) is 18.8 Å². The van der Waals surface area contributed by atoms with E-state index in [9.17, 15) is 14.7 Å². The van der Waals surface area contributed by atoms with Crippen molar-refractivity contribution in [2.24, 2.45) is 0 Å². The number of phenolic OH excluding ortho intramolecular Hbond substituents is 1. The molecule has 0 unspecified atom stereocenters. The largest absolute Gasteiger partial charge is 0.508 e. The van der Waals surface area contributed by atoms with Gasteiger partial charge >= 0.3 is 11.8 Å². The molecule has 2 aromatic rings. The number of hydrogen-bond acceptors (Lipinski definition) is 4. The Bertz CT molecular complexity index is 741. The van der Waals surface area contributed by atoms with Gasteiger partial charge in [0.15, 0.2) is 0 Å². The van der Waals surface area contributed by atoms with Gasteiger partial charge in [-0.05, 0) is 17.7 Å². The highest BCUT2D eigenvalue weighted by atomic mass is 16.3. The molecule has 0 aromatic heterocycles. The van der Waals surface area contributed by atoms with Gasteiger partial charge < -0.3 is 15.3 Å². The van der Waals surface area contributed by atoms with Crippen LogP contribution in [0.5, 0.6) is 5.75 Å². The zero-order valence-corrected chi connectivity index (χ0v) is 13.9. The van der Waals surface area contributed by atoms with Gasteiger partial charge in [-0.25, -0.2) is 0 Å². The number of hydrogen-bond donors (Lipinski definition) is 2. The lowest BCUT2D eigenvalue weighted by atomic mass is 10.2. The van der Waals surface area contributed by atoms with Gasteiger partial charge in [0.05, 0.1) is 0 Å². The summed E-state index contributed by atoms with van der Waals surface area (Å²) >= 11 is 0. The van der Waals surface area contributed by atoms with Crippen LogP contribution in [0.4, 0.5) is 5.69 Å². The molecule has 6 nitrogen and oxygen atoms in total. The molecule has 0 spiro atoms. The second-order valence-electron chi connectivity index (χ2n) is 6.06.